The van der Waals surface area contributed by atoms with Gasteiger partial charge in [0.25, 0.3) is 0 Å². The highest BCUT2D eigenvalue weighted by Gasteiger charge is 2.59. The first-order chi connectivity index (χ1) is 20.3. The molecule has 3 atom stereocenters. The number of carbonyl (C=O) groups excluding carboxylic acids is 4. The van der Waals surface area contributed by atoms with E-state index in [1.165, 1.54) is 29.3 Å². The highest BCUT2D eigenvalue weighted by molar-refractivity contribution is 7.92. The number of carbonyl (C=O) groups is 4. The van der Waals surface area contributed by atoms with Gasteiger partial charge in [0.1, 0.15) is 5.82 Å². The average molecular weight is 652 g/mol. The Hall–Kier alpha value is -2.69. The van der Waals surface area contributed by atoms with Crippen LogP contribution in [0.5, 0.6) is 0 Å². The maximum atomic E-state index is 15.0. The Kier molecular flexibility index (Phi) is 8.86. The number of hydrogen-bond acceptors (Lipinski definition) is 7. The fourth-order valence-corrected chi connectivity index (χ4v) is 8.36. The molecule has 1 aromatic heterocycles. The first-order valence-corrected chi connectivity index (χ1v) is 16.8. The Morgan fingerprint density at radius 3 is 2.37 bits per heavy atom. The van der Waals surface area contributed by atoms with E-state index in [0.717, 1.165) is 18.9 Å². The van der Waals surface area contributed by atoms with Gasteiger partial charge in [-0.05, 0) is 62.1 Å². The number of amides is 1. The maximum absolute atomic E-state index is 15.0. The van der Waals surface area contributed by atoms with Crippen LogP contribution in [-0.4, -0.2) is 59.4 Å². The molecule has 1 aliphatic heterocycles. The number of benzene rings is 1. The van der Waals surface area contributed by atoms with Crippen LogP contribution in [0.25, 0.3) is 0 Å². The molecule has 5 rings (SSSR count). The van der Waals surface area contributed by atoms with Gasteiger partial charge in [0.05, 0.1) is 37.3 Å². The highest BCUT2D eigenvalue weighted by atomic mass is 35.5. The van der Waals surface area contributed by atoms with E-state index in [2.05, 4.69) is 4.98 Å². The van der Waals surface area contributed by atoms with Crippen molar-refractivity contribution in [3.05, 3.63) is 58.1 Å². The van der Waals surface area contributed by atoms with Gasteiger partial charge in [-0.1, -0.05) is 49.2 Å². The Bertz CT molecular complexity index is 1590. The second-order valence-electron chi connectivity index (χ2n) is 12.3. The summed E-state index contributed by atoms with van der Waals surface area (Å²) in [5.74, 6) is -4.04. The second kappa shape index (κ2) is 12.0. The average Bonchev–Trinajstić information content (AvgIpc) is 3.88. The zero-order valence-electron chi connectivity index (χ0n) is 23.9. The largest absolute Gasteiger partial charge is 0.330 e. The van der Waals surface area contributed by atoms with Gasteiger partial charge in [-0.2, -0.15) is 0 Å². The zero-order valence-corrected chi connectivity index (χ0v) is 26.2. The standard InChI is InChI=1S/C31H33Cl2FN2O6S/c1-17(2)21(28(39)26(38)11-18-7-8-18)14-25(37)24-13-20(43(41,42)27-6-4-3-5-22(27)33)16-36(24)30(40)31(9-10-31)29-23(34)12-19(32)15-35-29/h3-6,12,15,17-18,20-21,24H,7-11,13-14,16H2,1-2H3/t20-,21+,24+/m1/s1. The third kappa shape index (κ3) is 6.28. The van der Waals surface area contributed by atoms with E-state index in [9.17, 15) is 32.0 Å². The van der Waals surface area contributed by atoms with Crippen LogP contribution in [0.4, 0.5) is 4.39 Å². The van der Waals surface area contributed by atoms with Gasteiger partial charge in [0.2, 0.25) is 11.7 Å². The number of halogens is 3. The van der Waals surface area contributed by atoms with Crippen LogP contribution >= 0.6 is 23.2 Å². The minimum Gasteiger partial charge on any atom is -0.330 e. The van der Waals surface area contributed by atoms with E-state index in [-0.39, 0.29) is 71.1 Å². The summed E-state index contributed by atoms with van der Waals surface area (Å²) >= 11 is 12.1. The summed E-state index contributed by atoms with van der Waals surface area (Å²) in [7, 11) is -4.09. The third-order valence-corrected chi connectivity index (χ3v) is 11.7. The lowest BCUT2D eigenvalue weighted by Crippen LogP contribution is -2.47. The van der Waals surface area contributed by atoms with Crippen molar-refractivity contribution in [1.29, 1.82) is 0 Å². The Morgan fingerprint density at radius 1 is 1.12 bits per heavy atom. The summed E-state index contributed by atoms with van der Waals surface area (Å²) in [5, 5.41) is -1.10. The minimum absolute atomic E-state index is 0.0147. The van der Waals surface area contributed by atoms with Crippen molar-refractivity contribution < 1.29 is 32.0 Å². The quantitative estimate of drug-likeness (QED) is 0.291. The van der Waals surface area contributed by atoms with Crippen LogP contribution < -0.4 is 0 Å². The van der Waals surface area contributed by atoms with Crippen molar-refractivity contribution in [2.45, 2.75) is 80.4 Å². The summed E-state index contributed by atoms with van der Waals surface area (Å²) < 4.78 is 42.4. The van der Waals surface area contributed by atoms with Crippen molar-refractivity contribution in [2.24, 2.45) is 17.8 Å². The number of ketones is 3. The zero-order chi connectivity index (χ0) is 31.3. The number of rotatable bonds is 12. The van der Waals surface area contributed by atoms with Crippen molar-refractivity contribution in [2.75, 3.05) is 6.54 Å². The monoisotopic (exact) mass is 650 g/mol. The lowest BCUT2D eigenvalue weighted by Gasteiger charge is -2.29. The van der Waals surface area contributed by atoms with Crippen molar-refractivity contribution in [3.8, 4) is 0 Å². The first kappa shape index (κ1) is 31.7. The normalized spacial score (nSPS) is 22.0. The van der Waals surface area contributed by atoms with Crippen molar-refractivity contribution >= 4 is 56.3 Å². The Balaban J connectivity index is 1.46. The molecule has 3 aliphatic rings. The summed E-state index contributed by atoms with van der Waals surface area (Å²) in [6.45, 7) is 3.17. The number of likely N-dealkylation sites (tertiary alicyclic amines) is 1. The molecule has 0 unspecified atom stereocenters. The molecular formula is C31H33Cl2FN2O6S. The van der Waals surface area contributed by atoms with E-state index < -0.39 is 61.5 Å². The molecule has 0 bridgehead atoms. The summed E-state index contributed by atoms with van der Waals surface area (Å²) in [6, 6.07) is 5.80. The SMILES string of the molecule is CC(C)[C@H](CC(=O)[C@@H]1C[C@@H](S(=O)(=O)c2ccccc2Cl)CN1C(=O)C1(c2ncc(Cl)cc2F)CC1)C(=O)C(=O)CC1CC1. The van der Waals surface area contributed by atoms with Gasteiger partial charge in [-0.15, -0.1) is 0 Å². The number of sulfone groups is 1. The predicted molar refractivity (Wildman–Crippen MR) is 158 cm³/mol. The molecule has 2 heterocycles. The van der Waals surface area contributed by atoms with Crippen LogP contribution in [0.15, 0.2) is 41.4 Å². The molecule has 1 saturated heterocycles. The van der Waals surface area contributed by atoms with E-state index in [4.69, 9.17) is 23.2 Å². The number of nitrogens with zero attached hydrogens (tertiary/aromatic N) is 2. The van der Waals surface area contributed by atoms with Gasteiger partial charge >= 0.3 is 0 Å². The van der Waals surface area contributed by atoms with Crippen molar-refractivity contribution in [3.63, 3.8) is 0 Å². The van der Waals surface area contributed by atoms with Gasteiger partial charge in [0, 0.05) is 31.5 Å². The van der Waals surface area contributed by atoms with Crippen LogP contribution in [-0.2, 0) is 34.4 Å². The van der Waals surface area contributed by atoms with Crippen LogP contribution in [0.3, 0.4) is 0 Å². The van der Waals surface area contributed by atoms with Crippen LogP contribution in [0.1, 0.15) is 64.5 Å². The molecule has 1 amide bonds. The molecule has 0 radical (unpaired) electrons. The van der Waals surface area contributed by atoms with E-state index in [1.54, 1.807) is 19.9 Å². The topological polar surface area (TPSA) is 119 Å². The van der Waals surface area contributed by atoms with Gasteiger partial charge < -0.3 is 4.90 Å². The summed E-state index contributed by atoms with van der Waals surface area (Å²) in [4.78, 5) is 59.0. The van der Waals surface area contributed by atoms with Crippen molar-refractivity contribution in [1.82, 2.24) is 9.88 Å². The highest BCUT2D eigenvalue weighted by Crippen LogP contribution is 2.51. The van der Waals surface area contributed by atoms with E-state index in [1.807, 2.05) is 0 Å². The molecule has 1 aromatic carbocycles. The predicted octanol–water partition coefficient (Wildman–Crippen LogP) is 5.17. The summed E-state index contributed by atoms with van der Waals surface area (Å²) in [6.07, 6.45) is 3.18. The minimum atomic E-state index is -4.09. The summed E-state index contributed by atoms with van der Waals surface area (Å²) in [5.41, 5.74) is -1.46. The third-order valence-electron chi connectivity index (χ3n) is 8.91. The van der Waals surface area contributed by atoms with Gasteiger partial charge in [0.15, 0.2) is 21.4 Å². The smallest absolute Gasteiger partial charge is 0.235 e. The van der Waals surface area contributed by atoms with E-state index >= 15 is 0 Å². The molecule has 43 heavy (non-hydrogen) atoms. The Labute approximate surface area is 260 Å². The van der Waals surface area contributed by atoms with Gasteiger partial charge in [-0.3, -0.25) is 24.2 Å². The fraction of sp³-hybridized carbons (Fsp3) is 0.516. The second-order valence-corrected chi connectivity index (χ2v) is 15.4. The molecule has 3 fully saturated rings. The Morgan fingerprint density at radius 2 is 1.79 bits per heavy atom. The van der Waals surface area contributed by atoms with Crippen LogP contribution in [0, 0.1) is 23.6 Å². The molecule has 12 heteroatoms. The lowest BCUT2D eigenvalue weighted by atomic mass is 9.83. The molecule has 8 nitrogen and oxygen atoms in total. The molecular weight excluding hydrogens is 618 g/mol. The molecule has 2 aromatic rings. The number of Topliss-reactive ketones (excluding diaryl/α,β-unsaturated/α-hetero) is 3. The molecule has 2 aliphatic carbocycles. The molecule has 0 spiro atoms. The van der Waals surface area contributed by atoms with Gasteiger partial charge in [-0.25, -0.2) is 12.8 Å². The lowest BCUT2D eigenvalue weighted by molar-refractivity contribution is -0.143. The molecule has 230 valence electrons. The molecule has 0 N–H and O–H groups in total. The number of hydrogen-bond donors (Lipinski definition) is 0. The first-order valence-electron chi connectivity index (χ1n) is 14.5. The number of pyridine rings is 1. The fourth-order valence-electron chi connectivity index (χ4n) is 6.00. The number of aromatic nitrogens is 1. The maximum Gasteiger partial charge on any atom is 0.235 e. The van der Waals surface area contributed by atoms with E-state index in [0.29, 0.717) is 0 Å². The van der Waals surface area contributed by atoms with Crippen LogP contribution in [0.2, 0.25) is 10.0 Å². The molecule has 2 saturated carbocycles.